The third-order valence-electron chi connectivity index (χ3n) is 5.57. The number of carbonyl (C=O) groups is 1. The van der Waals surface area contributed by atoms with E-state index in [4.69, 9.17) is 11.6 Å². The first-order valence-electron chi connectivity index (χ1n) is 10.1. The summed E-state index contributed by atoms with van der Waals surface area (Å²) in [5, 5.41) is 0.467. The van der Waals surface area contributed by atoms with Gasteiger partial charge in [0.25, 0.3) is 5.91 Å². The average Bonchev–Trinajstić information content (AvgIpc) is 2.78. The summed E-state index contributed by atoms with van der Waals surface area (Å²) in [7, 11) is -3.69. The highest BCUT2D eigenvalue weighted by atomic mass is 35.5. The van der Waals surface area contributed by atoms with Gasteiger partial charge in [0.15, 0.2) is 0 Å². The van der Waals surface area contributed by atoms with Gasteiger partial charge >= 0.3 is 6.61 Å². The largest absolute Gasteiger partial charge is 0.435 e. The summed E-state index contributed by atoms with van der Waals surface area (Å²) >= 11 is 5.96. The van der Waals surface area contributed by atoms with Crippen molar-refractivity contribution in [1.29, 1.82) is 0 Å². The number of fused-ring (bicyclic) bond motifs is 1. The second-order valence-corrected chi connectivity index (χ2v) is 9.98. The van der Waals surface area contributed by atoms with E-state index < -0.39 is 16.6 Å². The van der Waals surface area contributed by atoms with Crippen LogP contribution in [0.5, 0.6) is 5.75 Å². The number of hydrogen-bond acceptors (Lipinski definition) is 4. The topological polar surface area (TPSA) is 66.9 Å². The zero-order valence-corrected chi connectivity index (χ0v) is 18.6. The number of rotatable bonds is 5. The smallest absolute Gasteiger partial charge is 0.387 e. The number of aryl methyl sites for hydroxylation is 1. The number of amides is 1. The molecule has 170 valence electrons. The van der Waals surface area contributed by atoms with Gasteiger partial charge in [-0.05, 0) is 60.4 Å². The summed E-state index contributed by atoms with van der Waals surface area (Å²) in [6.45, 7) is -1.96. The molecule has 0 aromatic heterocycles. The van der Waals surface area contributed by atoms with E-state index in [1.54, 1.807) is 41.3 Å². The summed E-state index contributed by atoms with van der Waals surface area (Å²) < 4.78 is 57.0. The van der Waals surface area contributed by atoms with Gasteiger partial charge < -0.3 is 9.64 Å². The molecule has 2 aromatic rings. The fourth-order valence-corrected chi connectivity index (χ4v) is 5.73. The normalized spacial score (nSPS) is 17.1. The van der Waals surface area contributed by atoms with Gasteiger partial charge in [0.2, 0.25) is 10.0 Å². The van der Waals surface area contributed by atoms with Crippen molar-refractivity contribution in [2.24, 2.45) is 0 Å². The van der Waals surface area contributed by atoms with Crippen molar-refractivity contribution in [3.05, 3.63) is 69.1 Å². The number of allylic oxidation sites excluding steroid dienone is 1. The number of halogens is 3. The van der Waals surface area contributed by atoms with E-state index in [9.17, 15) is 22.0 Å². The second-order valence-electron chi connectivity index (χ2n) is 7.56. The molecule has 0 radical (unpaired) electrons. The molecule has 0 atom stereocenters. The molecule has 2 aromatic carbocycles. The third-order valence-corrected chi connectivity index (χ3v) is 7.83. The molecule has 0 saturated carbocycles. The molecule has 0 spiro atoms. The molecule has 1 aliphatic carbocycles. The number of carbonyl (C=O) groups excluding carboxylic acids is 1. The van der Waals surface area contributed by atoms with Crippen molar-refractivity contribution in [3.8, 4) is 5.75 Å². The molecule has 2 aliphatic rings. The second kappa shape index (κ2) is 9.17. The molecule has 1 fully saturated rings. The fourth-order valence-electron chi connectivity index (χ4n) is 3.92. The monoisotopic (exact) mass is 482 g/mol. The zero-order chi connectivity index (χ0) is 22.9. The Labute approximate surface area is 190 Å². The number of hydrogen-bond donors (Lipinski definition) is 0. The lowest BCUT2D eigenvalue weighted by Crippen LogP contribution is -2.50. The molecular weight excluding hydrogens is 462 g/mol. The van der Waals surface area contributed by atoms with E-state index in [2.05, 4.69) is 4.74 Å². The summed E-state index contributed by atoms with van der Waals surface area (Å²) in [5.74, 6) is -0.129. The maximum Gasteiger partial charge on any atom is 0.387 e. The standard InChI is InChI=1S/C22H21ClF2N2O4S/c23-18-3-1-2-17(12-18)21(28)26-8-10-27(11-9-26)32(29,30)20-7-5-15-13-19(31-22(24)25)6-4-16(15)14-20/h1-4,6,12-14,22H,5,7-11H2. The third kappa shape index (κ3) is 4.79. The summed E-state index contributed by atoms with van der Waals surface area (Å²) in [6.07, 6.45) is 2.27. The van der Waals surface area contributed by atoms with Crippen LogP contribution in [0.1, 0.15) is 27.9 Å². The molecule has 1 amide bonds. The van der Waals surface area contributed by atoms with Crippen LogP contribution in [-0.2, 0) is 16.4 Å². The Bertz CT molecular complexity index is 1160. The van der Waals surface area contributed by atoms with Crippen LogP contribution in [0.4, 0.5) is 8.78 Å². The zero-order valence-electron chi connectivity index (χ0n) is 17.0. The van der Waals surface area contributed by atoms with E-state index >= 15 is 0 Å². The van der Waals surface area contributed by atoms with Crippen LogP contribution in [0, 0.1) is 0 Å². The number of piperazine rings is 1. The van der Waals surface area contributed by atoms with Crippen LogP contribution >= 0.6 is 11.6 Å². The van der Waals surface area contributed by atoms with Gasteiger partial charge in [0, 0.05) is 36.8 Å². The minimum Gasteiger partial charge on any atom is -0.435 e. The Morgan fingerprint density at radius 2 is 1.78 bits per heavy atom. The van der Waals surface area contributed by atoms with Gasteiger partial charge in [-0.2, -0.15) is 13.1 Å². The van der Waals surface area contributed by atoms with Crippen molar-refractivity contribution in [2.75, 3.05) is 26.2 Å². The highest BCUT2D eigenvalue weighted by Gasteiger charge is 2.33. The predicted molar refractivity (Wildman–Crippen MR) is 117 cm³/mol. The van der Waals surface area contributed by atoms with E-state index in [-0.39, 0.29) is 49.2 Å². The summed E-state index contributed by atoms with van der Waals surface area (Å²) in [5.41, 5.74) is 1.90. The van der Waals surface area contributed by atoms with Gasteiger partial charge in [-0.25, -0.2) is 8.42 Å². The van der Waals surface area contributed by atoms with Crippen molar-refractivity contribution in [3.63, 3.8) is 0 Å². The lowest BCUT2D eigenvalue weighted by Gasteiger charge is -2.35. The lowest BCUT2D eigenvalue weighted by atomic mass is 9.97. The molecule has 6 nitrogen and oxygen atoms in total. The van der Waals surface area contributed by atoms with E-state index in [1.807, 2.05) is 0 Å². The highest BCUT2D eigenvalue weighted by molar-refractivity contribution is 7.93. The Balaban J connectivity index is 1.44. The van der Waals surface area contributed by atoms with Crippen molar-refractivity contribution < 1.29 is 26.7 Å². The summed E-state index contributed by atoms with van der Waals surface area (Å²) in [6, 6.07) is 11.2. The molecule has 10 heteroatoms. The first-order chi connectivity index (χ1) is 15.2. The number of nitrogens with zero attached hydrogens (tertiary/aromatic N) is 2. The fraction of sp³-hybridized carbons (Fsp3) is 0.318. The molecule has 0 unspecified atom stereocenters. The van der Waals surface area contributed by atoms with Crippen molar-refractivity contribution >= 4 is 33.6 Å². The van der Waals surface area contributed by atoms with E-state index in [0.29, 0.717) is 22.6 Å². The molecule has 0 N–H and O–H groups in total. The van der Waals surface area contributed by atoms with Crippen LogP contribution in [-0.4, -0.2) is 56.3 Å². The van der Waals surface area contributed by atoms with Gasteiger partial charge in [-0.1, -0.05) is 23.7 Å². The maximum atomic E-state index is 13.2. The summed E-state index contributed by atoms with van der Waals surface area (Å²) in [4.78, 5) is 14.6. The Kier molecular flexibility index (Phi) is 6.50. The highest BCUT2D eigenvalue weighted by Crippen LogP contribution is 2.32. The van der Waals surface area contributed by atoms with Crippen LogP contribution in [0.2, 0.25) is 5.02 Å². The van der Waals surface area contributed by atoms with Crippen LogP contribution in [0.15, 0.2) is 47.4 Å². The van der Waals surface area contributed by atoms with Crippen LogP contribution in [0.25, 0.3) is 6.08 Å². The lowest BCUT2D eigenvalue weighted by molar-refractivity contribution is -0.0498. The van der Waals surface area contributed by atoms with E-state index in [0.717, 1.165) is 5.56 Å². The number of sulfonamides is 1. The van der Waals surface area contributed by atoms with Gasteiger partial charge in [-0.15, -0.1) is 0 Å². The van der Waals surface area contributed by atoms with Crippen LogP contribution < -0.4 is 4.74 Å². The minimum absolute atomic E-state index is 0.0546. The Morgan fingerprint density at radius 1 is 1.03 bits per heavy atom. The number of benzene rings is 2. The SMILES string of the molecule is O=C(c1cccc(Cl)c1)N1CCN(S(=O)(=O)C2=Cc3ccc(OC(F)F)cc3CC2)CC1. The first-order valence-corrected chi connectivity index (χ1v) is 11.9. The molecule has 1 saturated heterocycles. The minimum atomic E-state index is -3.69. The molecule has 32 heavy (non-hydrogen) atoms. The molecule has 0 bridgehead atoms. The van der Waals surface area contributed by atoms with E-state index in [1.165, 1.54) is 16.4 Å². The molecule has 1 aliphatic heterocycles. The van der Waals surface area contributed by atoms with Crippen molar-refractivity contribution in [2.45, 2.75) is 19.5 Å². The first kappa shape index (κ1) is 22.7. The van der Waals surface area contributed by atoms with Gasteiger partial charge in [0.1, 0.15) is 5.75 Å². The predicted octanol–water partition coefficient (Wildman–Crippen LogP) is 4.02. The Hall–Kier alpha value is -2.49. The maximum absolute atomic E-state index is 13.2. The molecule has 4 rings (SSSR count). The molecule has 1 heterocycles. The van der Waals surface area contributed by atoms with Gasteiger partial charge in [0.05, 0.1) is 4.91 Å². The number of alkyl halides is 2. The van der Waals surface area contributed by atoms with Gasteiger partial charge in [-0.3, -0.25) is 4.79 Å². The molecular formula is C22H21ClF2N2O4S. The Morgan fingerprint density at radius 3 is 2.47 bits per heavy atom. The average molecular weight is 483 g/mol. The number of ether oxygens (including phenoxy) is 1. The van der Waals surface area contributed by atoms with Crippen molar-refractivity contribution in [1.82, 2.24) is 9.21 Å². The van der Waals surface area contributed by atoms with Crippen LogP contribution in [0.3, 0.4) is 0 Å². The quantitative estimate of drug-likeness (QED) is 0.645.